The summed E-state index contributed by atoms with van der Waals surface area (Å²) in [5.74, 6) is 0. The van der Waals surface area contributed by atoms with Gasteiger partial charge in [-0.25, -0.2) is 0 Å². The maximum absolute atomic E-state index is 10.5. The molecule has 16 heavy (non-hydrogen) atoms. The maximum atomic E-state index is 10.5. The summed E-state index contributed by atoms with van der Waals surface area (Å²) in [6.45, 7) is 1.88. The Hall–Kier alpha value is -1.17. The van der Waals surface area contributed by atoms with E-state index in [0.717, 1.165) is 5.56 Å². The molecule has 0 saturated carbocycles. The van der Waals surface area contributed by atoms with Gasteiger partial charge in [-0.15, -0.1) is 0 Å². The zero-order chi connectivity index (χ0) is 11.7. The molecule has 6 heteroatoms. The Morgan fingerprint density at radius 2 is 2.25 bits per heavy atom. The molecule has 86 valence electrons. The molecule has 1 saturated heterocycles. The van der Waals surface area contributed by atoms with Crippen LogP contribution in [-0.2, 0) is 6.54 Å². The van der Waals surface area contributed by atoms with Gasteiger partial charge in [-0.1, -0.05) is 11.6 Å². The Labute approximate surface area is 97.4 Å². The van der Waals surface area contributed by atoms with Crippen molar-refractivity contribution in [3.63, 3.8) is 0 Å². The monoisotopic (exact) mass is 242 g/mol. The average molecular weight is 243 g/mol. The number of likely N-dealkylation sites (tertiary alicyclic amines) is 1. The van der Waals surface area contributed by atoms with Crippen molar-refractivity contribution in [1.82, 2.24) is 4.90 Å². The average Bonchev–Trinajstić information content (AvgIpc) is 2.18. The van der Waals surface area contributed by atoms with Gasteiger partial charge in [0.1, 0.15) is 0 Å². The first-order chi connectivity index (χ1) is 7.56. The van der Waals surface area contributed by atoms with Gasteiger partial charge in [-0.05, 0) is 11.6 Å². The first-order valence-corrected chi connectivity index (χ1v) is 5.27. The van der Waals surface area contributed by atoms with Crippen LogP contribution in [-0.4, -0.2) is 34.1 Å². The molecule has 0 atom stereocenters. The molecule has 0 spiro atoms. The second kappa shape index (κ2) is 4.37. The van der Waals surface area contributed by atoms with E-state index in [9.17, 15) is 10.1 Å². The maximum Gasteiger partial charge on any atom is 0.270 e. The van der Waals surface area contributed by atoms with Crippen LogP contribution in [0.5, 0.6) is 0 Å². The predicted octanol–water partition coefficient (Wildman–Crippen LogP) is 1.42. The number of benzene rings is 1. The van der Waals surface area contributed by atoms with Crippen LogP contribution in [0.15, 0.2) is 18.2 Å². The van der Waals surface area contributed by atoms with Crippen molar-refractivity contribution in [3.8, 4) is 0 Å². The van der Waals surface area contributed by atoms with Crippen LogP contribution < -0.4 is 0 Å². The van der Waals surface area contributed by atoms with Gasteiger partial charge < -0.3 is 5.11 Å². The van der Waals surface area contributed by atoms with Gasteiger partial charge in [0.05, 0.1) is 16.0 Å². The number of aliphatic hydroxyl groups is 1. The summed E-state index contributed by atoms with van der Waals surface area (Å²) in [6.07, 6.45) is -0.253. The zero-order valence-electron chi connectivity index (χ0n) is 8.47. The third-order valence-corrected chi connectivity index (χ3v) is 2.93. The molecule has 1 N–H and O–H groups in total. The van der Waals surface area contributed by atoms with Crippen LogP contribution in [0.25, 0.3) is 0 Å². The first kappa shape index (κ1) is 11.3. The van der Waals surface area contributed by atoms with Gasteiger partial charge in [0.15, 0.2) is 0 Å². The van der Waals surface area contributed by atoms with Crippen LogP contribution in [0.3, 0.4) is 0 Å². The minimum Gasteiger partial charge on any atom is -0.390 e. The van der Waals surface area contributed by atoms with Crippen LogP contribution in [0.2, 0.25) is 5.02 Å². The highest BCUT2D eigenvalue weighted by Crippen LogP contribution is 2.24. The normalized spacial score (nSPS) is 17.1. The van der Waals surface area contributed by atoms with E-state index in [1.165, 1.54) is 12.1 Å². The van der Waals surface area contributed by atoms with Gasteiger partial charge in [0.25, 0.3) is 5.69 Å². The Morgan fingerprint density at radius 3 is 2.75 bits per heavy atom. The topological polar surface area (TPSA) is 66.6 Å². The Balaban J connectivity index is 2.07. The van der Waals surface area contributed by atoms with Crippen LogP contribution in [0.1, 0.15) is 5.56 Å². The van der Waals surface area contributed by atoms with Crippen molar-refractivity contribution < 1.29 is 10.0 Å². The molecule has 0 aromatic heterocycles. The molecule has 1 heterocycles. The van der Waals surface area contributed by atoms with E-state index < -0.39 is 4.92 Å². The summed E-state index contributed by atoms with van der Waals surface area (Å²) in [5, 5.41) is 20.0. The molecule has 2 rings (SSSR count). The number of halogens is 1. The molecule has 0 unspecified atom stereocenters. The lowest BCUT2D eigenvalue weighted by atomic mass is 10.1. The number of aliphatic hydroxyl groups excluding tert-OH is 1. The number of rotatable bonds is 3. The van der Waals surface area contributed by atoms with E-state index in [2.05, 4.69) is 0 Å². The third-order valence-electron chi connectivity index (χ3n) is 2.58. The Bertz CT molecular complexity index is 419. The highest BCUT2D eigenvalue weighted by Gasteiger charge is 2.24. The van der Waals surface area contributed by atoms with E-state index >= 15 is 0 Å². The van der Waals surface area contributed by atoms with Crippen LogP contribution in [0.4, 0.5) is 5.69 Å². The molecule has 5 nitrogen and oxygen atoms in total. The van der Waals surface area contributed by atoms with E-state index in [1.807, 2.05) is 4.90 Å². The van der Waals surface area contributed by atoms with E-state index in [1.54, 1.807) is 6.07 Å². The number of nitro groups is 1. The molecule has 0 amide bonds. The minimum atomic E-state index is -0.469. The fraction of sp³-hybridized carbons (Fsp3) is 0.400. The fourth-order valence-electron chi connectivity index (χ4n) is 1.69. The van der Waals surface area contributed by atoms with E-state index in [-0.39, 0.29) is 11.8 Å². The second-order valence-corrected chi connectivity index (χ2v) is 4.29. The van der Waals surface area contributed by atoms with Crippen LogP contribution in [0, 0.1) is 10.1 Å². The Morgan fingerprint density at radius 1 is 1.56 bits per heavy atom. The van der Waals surface area contributed by atoms with Crippen molar-refractivity contribution >= 4 is 17.3 Å². The number of nitro benzene ring substituents is 1. The summed E-state index contributed by atoms with van der Waals surface area (Å²) >= 11 is 5.94. The van der Waals surface area contributed by atoms with Crippen molar-refractivity contribution in [1.29, 1.82) is 0 Å². The molecular formula is C10H11ClN2O3. The van der Waals surface area contributed by atoms with Crippen molar-refractivity contribution in [3.05, 3.63) is 38.9 Å². The standard InChI is InChI=1S/C10H11ClN2O3/c11-10-3-8(13(15)16)2-1-7(10)4-12-5-9(14)6-12/h1-3,9,14H,4-6H2. The van der Waals surface area contributed by atoms with Crippen molar-refractivity contribution in [2.24, 2.45) is 0 Å². The smallest absolute Gasteiger partial charge is 0.270 e. The molecule has 1 aliphatic rings. The van der Waals surface area contributed by atoms with Gasteiger partial charge >= 0.3 is 0 Å². The largest absolute Gasteiger partial charge is 0.390 e. The quantitative estimate of drug-likeness (QED) is 0.643. The first-order valence-electron chi connectivity index (χ1n) is 4.89. The summed E-state index contributed by atoms with van der Waals surface area (Å²) in [5.41, 5.74) is 0.844. The molecule has 0 bridgehead atoms. The number of non-ortho nitro benzene ring substituents is 1. The molecule has 1 fully saturated rings. The molecule has 0 radical (unpaired) electrons. The summed E-state index contributed by atoms with van der Waals surface area (Å²) in [4.78, 5) is 12.1. The van der Waals surface area contributed by atoms with Gasteiger partial charge in [-0.2, -0.15) is 0 Å². The number of hydrogen-bond acceptors (Lipinski definition) is 4. The lowest BCUT2D eigenvalue weighted by molar-refractivity contribution is -0.384. The van der Waals surface area contributed by atoms with E-state index in [4.69, 9.17) is 16.7 Å². The molecule has 1 aromatic carbocycles. The third kappa shape index (κ3) is 2.32. The zero-order valence-corrected chi connectivity index (χ0v) is 9.22. The van der Waals surface area contributed by atoms with Crippen LogP contribution >= 0.6 is 11.6 Å². The number of nitrogens with zero attached hydrogens (tertiary/aromatic N) is 2. The lowest BCUT2D eigenvalue weighted by Gasteiger charge is -2.35. The molecule has 1 aromatic rings. The minimum absolute atomic E-state index is 0.00241. The van der Waals surface area contributed by atoms with Gasteiger partial charge in [0, 0.05) is 31.8 Å². The number of hydrogen-bond donors (Lipinski definition) is 1. The van der Waals surface area contributed by atoms with Gasteiger partial charge in [-0.3, -0.25) is 15.0 Å². The molecule has 0 aliphatic carbocycles. The molecular weight excluding hydrogens is 232 g/mol. The highest BCUT2D eigenvalue weighted by atomic mass is 35.5. The second-order valence-electron chi connectivity index (χ2n) is 3.88. The summed E-state index contributed by atoms with van der Waals surface area (Å²) in [7, 11) is 0. The van der Waals surface area contributed by atoms with E-state index in [0.29, 0.717) is 24.7 Å². The Kier molecular flexibility index (Phi) is 3.09. The van der Waals surface area contributed by atoms with Crippen molar-refractivity contribution in [2.45, 2.75) is 12.6 Å². The SMILES string of the molecule is O=[N+]([O-])c1ccc(CN2CC(O)C2)c(Cl)c1. The predicted molar refractivity (Wildman–Crippen MR) is 59.4 cm³/mol. The highest BCUT2D eigenvalue weighted by molar-refractivity contribution is 6.31. The summed E-state index contributed by atoms with van der Waals surface area (Å²) in [6, 6.07) is 4.45. The lowest BCUT2D eigenvalue weighted by Crippen LogP contribution is -2.49. The van der Waals surface area contributed by atoms with Crippen molar-refractivity contribution in [2.75, 3.05) is 13.1 Å². The summed E-state index contributed by atoms with van der Waals surface area (Å²) < 4.78 is 0. The fourth-order valence-corrected chi connectivity index (χ4v) is 1.93. The van der Waals surface area contributed by atoms with Gasteiger partial charge in [0.2, 0.25) is 0 Å². The molecule has 1 aliphatic heterocycles. The number of β-amino-alcohol motifs (C(OH)–C–C–N with tert-alkyl or cyclic N) is 1.